The zero-order valence-electron chi connectivity index (χ0n) is 9.57. The highest BCUT2D eigenvalue weighted by Crippen LogP contribution is 2.11. The number of hydrogen-bond acceptors (Lipinski definition) is 3. The number of nitrogens with one attached hydrogen (secondary N) is 2. The van der Waals surface area contributed by atoms with Crippen molar-refractivity contribution in [2.24, 2.45) is 0 Å². The summed E-state index contributed by atoms with van der Waals surface area (Å²) < 4.78 is 0. The summed E-state index contributed by atoms with van der Waals surface area (Å²) in [4.78, 5) is 4.01. The molecule has 2 rings (SSSR count). The quantitative estimate of drug-likeness (QED) is 0.821. The summed E-state index contributed by atoms with van der Waals surface area (Å²) in [5, 5.41) is 10.4. The van der Waals surface area contributed by atoms with Gasteiger partial charge in [-0.05, 0) is 31.5 Å². The largest absolute Gasteiger partial charge is 0.306 e. The Balaban J connectivity index is 1.94. The maximum atomic E-state index is 4.01. The average Bonchev–Trinajstić information content (AvgIpc) is 2.73. The maximum absolute atomic E-state index is 4.01. The minimum atomic E-state index is 0.317. The summed E-state index contributed by atoms with van der Waals surface area (Å²) >= 11 is 0. The molecule has 2 aromatic heterocycles. The molecule has 0 amide bonds. The highest BCUT2D eigenvalue weighted by molar-refractivity contribution is 5.17. The van der Waals surface area contributed by atoms with Crippen LogP contribution in [0.4, 0.5) is 0 Å². The Morgan fingerprint density at radius 1 is 1.38 bits per heavy atom. The van der Waals surface area contributed by atoms with Gasteiger partial charge in [0.2, 0.25) is 0 Å². The van der Waals surface area contributed by atoms with Gasteiger partial charge in [0.15, 0.2) is 0 Å². The molecule has 0 spiro atoms. The minimum Gasteiger partial charge on any atom is -0.306 e. The van der Waals surface area contributed by atoms with E-state index in [9.17, 15) is 0 Å². The van der Waals surface area contributed by atoms with Crippen LogP contribution in [-0.4, -0.2) is 15.2 Å². The van der Waals surface area contributed by atoms with Gasteiger partial charge in [-0.15, -0.1) is 0 Å². The van der Waals surface area contributed by atoms with E-state index in [0.29, 0.717) is 6.04 Å². The van der Waals surface area contributed by atoms with Crippen LogP contribution in [0.15, 0.2) is 30.7 Å². The first-order chi connectivity index (χ1) is 7.77. The highest BCUT2D eigenvalue weighted by Gasteiger charge is 2.05. The third kappa shape index (κ3) is 2.46. The van der Waals surface area contributed by atoms with Crippen LogP contribution in [0.2, 0.25) is 0 Å². The molecule has 2 heterocycles. The van der Waals surface area contributed by atoms with Gasteiger partial charge in [-0.3, -0.25) is 10.1 Å². The Morgan fingerprint density at radius 3 is 2.75 bits per heavy atom. The summed E-state index contributed by atoms with van der Waals surface area (Å²) in [6.45, 7) is 5.00. The van der Waals surface area contributed by atoms with Crippen molar-refractivity contribution >= 4 is 0 Å². The molecule has 0 radical (unpaired) electrons. The molecule has 0 fully saturated rings. The van der Waals surface area contributed by atoms with Crippen molar-refractivity contribution in [3.8, 4) is 0 Å². The van der Waals surface area contributed by atoms with Gasteiger partial charge in [0.05, 0.1) is 6.20 Å². The van der Waals surface area contributed by atoms with E-state index >= 15 is 0 Å². The lowest BCUT2D eigenvalue weighted by Gasteiger charge is -2.13. The smallest absolute Gasteiger partial charge is 0.0535 e. The predicted octanol–water partition coefficient (Wildman–Crippen LogP) is 1.96. The second kappa shape index (κ2) is 4.90. The molecular weight excluding hydrogens is 200 g/mol. The predicted molar refractivity (Wildman–Crippen MR) is 62.8 cm³/mol. The van der Waals surface area contributed by atoms with E-state index in [4.69, 9.17) is 0 Å². The van der Waals surface area contributed by atoms with E-state index in [-0.39, 0.29) is 0 Å². The van der Waals surface area contributed by atoms with Crippen molar-refractivity contribution in [2.75, 3.05) is 0 Å². The van der Waals surface area contributed by atoms with Crippen molar-refractivity contribution in [1.82, 2.24) is 20.5 Å². The van der Waals surface area contributed by atoms with Crippen LogP contribution in [0.3, 0.4) is 0 Å². The number of aryl methyl sites for hydroxylation is 1. The lowest BCUT2D eigenvalue weighted by molar-refractivity contribution is 0.573. The van der Waals surface area contributed by atoms with E-state index in [1.54, 1.807) is 0 Å². The number of aromatic amines is 1. The van der Waals surface area contributed by atoms with E-state index in [1.165, 1.54) is 11.1 Å². The van der Waals surface area contributed by atoms with Crippen molar-refractivity contribution < 1.29 is 0 Å². The van der Waals surface area contributed by atoms with E-state index < -0.39 is 0 Å². The van der Waals surface area contributed by atoms with Crippen LogP contribution in [0, 0.1) is 6.92 Å². The van der Waals surface area contributed by atoms with E-state index in [1.807, 2.05) is 37.6 Å². The van der Waals surface area contributed by atoms with Gasteiger partial charge in [-0.2, -0.15) is 5.10 Å². The number of pyridine rings is 1. The summed E-state index contributed by atoms with van der Waals surface area (Å²) in [5.41, 5.74) is 3.58. The number of nitrogens with zero attached hydrogens (tertiary/aromatic N) is 2. The minimum absolute atomic E-state index is 0.317. The maximum Gasteiger partial charge on any atom is 0.0535 e. The molecule has 2 aromatic rings. The number of aromatic nitrogens is 3. The lowest BCUT2D eigenvalue weighted by Crippen LogP contribution is -2.18. The van der Waals surface area contributed by atoms with Crippen molar-refractivity contribution in [1.29, 1.82) is 0 Å². The van der Waals surface area contributed by atoms with Crippen LogP contribution in [0.5, 0.6) is 0 Å². The Kier molecular flexibility index (Phi) is 3.31. The topological polar surface area (TPSA) is 53.6 Å². The van der Waals surface area contributed by atoms with Crippen LogP contribution >= 0.6 is 0 Å². The molecule has 2 N–H and O–H groups in total. The summed E-state index contributed by atoms with van der Waals surface area (Å²) in [7, 11) is 0. The van der Waals surface area contributed by atoms with E-state index in [0.717, 1.165) is 12.2 Å². The van der Waals surface area contributed by atoms with Gasteiger partial charge < -0.3 is 5.32 Å². The van der Waals surface area contributed by atoms with Crippen LogP contribution < -0.4 is 5.32 Å². The summed E-state index contributed by atoms with van der Waals surface area (Å²) in [6, 6.07) is 4.37. The molecule has 0 bridgehead atoms. The molecule has 0 aliphatic carbocycles. The molecule has 0 unspecified atom stereocenters. The van der Waals surface area contributed by atoms with Gasteiger partial charge >= 0.3 is 0 Å². The van der Waals surface area contributed by atoms with Crippen LogP contribution in [-0.2, 0) is 6.54 Å². The molecule has 0 saturated carbocycles. The molecule has 0 aliphatic heterocycles. The Bertz CT molecular complexity index is 435. The first-order valence-corrected chi connectivity index (χ1v) is 5.39. The monoisotopic (exact) mass is 216 g/mol. The van der Waals surface area contributed by atoms with E-state index in [2.05, 4.69) is 27.4 Å². The van der Waals surface area contributed by atoms with Gasteiger partial charge in [0.25, 0.3) is 0 Å². The number of H-pyrrole nitrogens is 1. The summed E-state index contributed by atoms with van der Waals surface area (Å²) in [5.74, 6) is 0. The molecule has 4 nitrogen and oxygen atoms in total. The fraction of sp³-hybridized carbons (Fsp3) is 0.333. The van der Waals surface area contributed by atoms with Gasteiger partial charge in [0, 0.05) is 36.2 Å². The van der Waals surface area contributed by atoms with Gasteiger partial charge in [-0.25, -0.2) is 0 Å². The van der Waals surface area contributed by atoms with Crippen molar-refractivity contribution in [3.05, 3.63) is 47.5 Å². The third-order valence-corrected chi connectivity index (χ3v) is 2.74. The lowest BCUT2D eigenvalue weighted by atomic mass is 10.1. The fourth-order valence-electron chi connectivity index (χ4n) is 1.59. The van der Waals surface area contributed by atoms with Gasteiger partial charge in [0.1, 0.15) is 0 Å². The molecule has 1 atom stereocenters. The standard InChI is InChI=1S/C12H16N4/c1-9(11-3-5-13-6-4-11)14-7-12-8-15-16-10(12)2/h3-6,8-9,14H,7H2,1-2H3,(H,15,16)/t9-/m1/s1. The molecule has 0 aliphatic rings. The fourth-order valence-corrected chi connectivity index (χ4v) is 1.59. The number of hydrogen-bond donors (Lipinski definition) is 2. The van der Waals surface area contributed by atoms with Crippen LogP contribution in [0.25, 0.3) is 0 Å². The molecule has 16 heavy (non-hydrogen) atoms. The number of rotatable bonds is 4. The Labute approximate surface area is 95.1 Å². The normalized spacial score (nSPS) is 12.6. The second-order valence-corrected chi connectivity index (χ2v) is 3.90. The molecule has 0 aromatic carbocycles. The second-order valence-electron chi connectivity index (χ2n) is 3.90. The average molecular weight is 216 g/mol. The summed E-state index contributed by atoms with van der Waals surface area (Å²) in [6.07, 6.45) is 5.49. The van der Waals surface area contributed by atoms with Crippen molar-refractivity contribution in [3.63, 3.8) is 0 Å². The molecule has 4 heteroatoms. The van der Waals surface area contributed by atoms with Crippen LogP contribution in [0.1, 0.15) is 29.8 Å². The molecule has 0 saturated heterocycles. The van der Waals surface area contributed by atoms with Crippen molar-refractivity contribution in [2.45, 2.75) is 26.4 Å². The van der Waals surface area contributed by atoms with Gasteiger partial charge in [-0.1, -0.05) is 0 Å². The third-order valence-electron chi connectivity index (χ3n) is 2.74. The zero-order valence-corrected chi connectivity index (χ0v) is 9.57. The molecular formula is C12H16N4. The SMILES string of the molecule is Cc1[nH]ncc1CN[C@H](C)c1ccncc1. The first kappa shape index (κ1) is 10.8. The zero-order chi connectivity index (χ0) is 11.4. The Hall–Kier alpha value is -1.68. The molecule has 84 valence electrons. The Morgan fingerprint density at radius 2 is 2.12 bits per heavy atom. The first-order valence-electron chi connectivity index (χ1n) is 5.39. The highest BCUT2D eigenvalue weighted by atomic mass is 15.1.